The zero-order valence-corrected chi connectivity index (χ0v) is 8.01. The van der Waals surface area contributed by atoms with Crippen LogP contribution in [0.5, 0.6) is 0 Å². The van der Waals surface area contributed by atoms with E-state index < -0.39 is 4.92 Å². The molecule has 0 aliphatic rings. The maximum atomic E-state index is 10.8. The Morgan fingerprint density at radius 2 is 2.20 bits per heavy atom. The van der Waals surface area contributed by atoms with Gasteiger partial charge in [0.25, 0.3) is 5.69 Å². The zero-order valence-electron chi connectivity index (χ0n) is 8.01. The molecule has 2 aromatic rings. The van der Waals surface area contributed by atoms with Gasteiger partial charge in [0.1, 0.15) is 0 Å². The second kappa shape index (κ2) is 3.20. The Balaban J connectivity index is 2.93. The van der Waals surface area contributed by atoms with Gasteiger partial charge in [-0.2, -0.15) is 0 Å². The summed E-state index contributed by atoms with van der Waals surface area (Å²) in [4.78, 5) is 21.1. The molecule has 0 bridgehead atoms. The first-order valence-corrected chi connectivity index (χ1v) is 4.32. The third-order valence-electron chi connectivity index (χ3n) is 2.35. The lowest BCUT2D eigenvalue weighted by Crippen LogP contribution is -1.94. The summed E-state index contributed by atoms with van der Waals surface area (Å²) in [5, 5.41) is 11.9. The molecule has 5 nitrogen and oxygen atoms in total. The highest BCUT2D eigenvalue weighted by molar-refractivity contribution is 6.02. The maximum absolute atomic E-state index is 10.8. The highest BCUT2D eigenvalue weighted by Gasteiger charge is 2.17. The lowest BCUT2D eigenvalue weighted by atomic mass is 10.1. The molecule has 1 aromatic carbocycles. The molecule has 0 saturated carbocycles. The normalized spacial score (nSPS) is 10.5. The van der Waals surface area contributed by atoms with E-state index >= 15 is 0 Å². The molecule has 0 aliphatic carbocycles. The van der Waals surface area contributed by atoms with Crippen molar-refractivity contribution >= 4 is 22.7 Å². The first-order chi connectivity index (χ1) is 7.15. The van der Waals surface area contributed by atoms with E-state index in [0.29, 0.717) is 22.8 Å². The predicted octanol–water partition coefficient (Wildman–Crippen LogP) is 1.90. The standard InChI is InChI=1S/C10H8N2O3/c1-11-5-7-3-2-4-8(12(14)15)10(7)9(11)6-13/h2-6H,1H3. The van der Waals surface area contributed by atoms with Crippen molar-refractivity contribution in [2.45, 2.75) is 0 Å². The smallest absolute Gasteiger partial charge is 0.279 e. The van der Waals surface area contributed by atoms with E-state index in [4.69, 9.17) is 0 Å². The van der Waals surface area contributed by atoms with E-state index in [9.17, 15) is 14.9 Å². The molecule has 1 aromatic heterocycles. The number of hydrogen-bond donors (Lipinski definition) is 0. The maximum Gasteiger partial charge on any atom is 0.279 e. The van der Waals surface area contributed by atoms with Gasteiger partial charge < -0.3 is 4.57 Å². The molecule has 76 valence electrons. The summed E-state index contributed by atoms with van der Waals surface area (Å²) < 4.78 is 1.59. The van der Waals surface area contributed by atoms with E-state index in [2.05, 4.69) is 0 Å². The number of carbonyl (C=O) groups is 1. The molecule has 0 unspecified atom stereocenters. The summed E-state index contributed by atoms with van der Waals surface area (Å²) in [5.74, 6) is 0. The highest BCUT2D eigenvalue weighted by Crippen LogP contribution is 2.28. The Kier molecular flexibility index (Phi) is 2.00. The number of nitro groups is 1. The Hall–Kier alpha value is -2.17. The summed E-state index contributed by atoms with van der Waals surface area (Å²) in [5.41, 5.74) is 0.299. The van der Waals surface area contributed by atoms with Crippen molar-refractivity contribution < 1.29 is 9.72 Å². The van der Waals surface area contributed by atoms with Gasteiger partial charge in [-0.15, -0.1) is 0 Å². The van der Waals surface area contributed by atoms with Crippen LogP contribution in [0.3, 0.4) is 0 Å². The number of nitrogens with zero attached hydrogens (tertiary/aromatic N) is 2. The van der Waals surface area contributed by atoms with Crippen molar-refractivity contribution in [3.63, 3.8) is 0 Å². The fraction of sp³-hybridized carbons (Fsp3) is 0.100. The second-order valence-corrected chi connectivity index (χ2v) is 3.24. The number of benzene rings is 1. The minimum atomic E-state index is -0.477. The third kappa shape index (κ3) is 1.28. The van der Waals surface area contributed by atoms with Crippen LogP contribution < -0.4 is 0 Å². The Morgan fingerprint density at radius 3 is 2.80 bits per heavy atom. The van der Waals surface area contributed by atoms with Gasteiger partial charge in [0.2, 0.25) is 0 Å². The molecule has 0 N–H and O–H groups in total. The molecule has 0 saturated heterocycles. The van der Waals surface area contributed by atoms with Crippen LogP contribution in [0.25, 0.3) is 10.8 Å². The number of nitro benzene ring substituents is 1. The van der Waals surface area contributed by atoms with Crippen molar-refractivity contribution in [1.82, 2.24) is 4.57 Å². The lowest BCUT2D eigenvalue weighted by molar-refractivity contribution is -0.383. The fourth-order valence-electron chi connectivity index (χ4n) is 1.69. The van der Waals surface area contributed by atoms with Crippen LogP contribution in [0.4, 0.5) is 5.69 Å². The minimum Gasteiger partial charge on any atom is -0.347 e. The Morgan fingerprint density at radius 1 is 1.47 bits per heavy atom. The molecule has 0 aliphatic heterocycles. The molecule has 1 heterocycles. The van der Waals surface area contributed by atoms with Crippen LogP contribution >= 0.6 is 0 Å². The molecule has 0 spiro atoms. The highest BCUT2D eigenvalue weighted by atomic mass is 16.6. The van der Waals surface area contributed by atoms with Gasteiger partial charge in [-0.1, -0.05) is 12.1 Å². The molecule has 5 heteroatoms. The molecular formula is C10H8N2O3. The van der Waals surface area contributed by atoms with E-state index in [-0.39, 0.29) is 5.69 Å². The van der Waals surface area contributed by atoms with Crippen LogP contribution in [-0.4, -0.2) is 15.8 Å². The topological polar surface area (TPSA) is 65.1 Å². The third-order valence-corrected chi connectivity index (χ3v) is 2.35. The van der Waals surface area contributed by atoms with Crippen molar-refractivity contribution in [1.29, 1.82) is 0 Å². The summed E-state index contributed by atoms with van der Waals surface area (Å²) >= 11 is 0. The van der Waals surface area contributed by atoms with Gasteiger partial charge in [-0.05, 0) is 0 Å². The molecule has 0 amide bonds. The van der Waals surface area contributed by atoms with E-state index in [1.807, 2.05) is 0 Å². The number of non-ortho nitro benzene ring substituents is 1. The number of aryl methyl sites for hydroxylation is 1. The molecule has 0 atom stereocenters. The van der Waals surface area contributed by atoms with Gasteiger partial charge in [-0.3, -0.25) is 14.9 Å². The quantitative estimate of drug-likeness (QED) is 0.426. The molecule has 2 rings (SSSR count). The first-order valence-electron chi connectivity index (χ1n) is 4.32. The van der Waals surface area contributed by atoms with Crippen LogP contribution in [0.1, 0.15) is 10.5 Å². The zero-order chi connectivity index (χ0) is 11.0. The number of hydrogen-bond acceptors (Lipinski definition) is 3. The Bertz CT molecular complexity index is 557. The summed E-state index contributed by atoms with van der Waals surface area (Å²) in [7, 11) is 1.69. The molecule has 0 radical (unpaired) electrons. The Labute approximate surface area is 85.1 Å². The van der Waals surface area contributed by atoms with E-state index in [0.717, 1.165) is 0 Å². The van der Waals surface area contributed by atoms with Crippen LogP contribution in [-0.2, 0) is 7.05 Å². The summed E-state index contributed by atoms with van der Waals surface area (Å²) in [6, 6.07) is 4.75. The molecule has 0 fully saturated rings. The van der Waals surface area contributed by atoms with Crippen LogP contribution in [0.2, 0.25) is 0 Å². The number of aldehydes is 1. The summed E-state index contributed by atoms with van der Waals surface area (Å²) in [6.07, 6.45) is 2.33. The van der Waals surface area contributed by atoms with Crippen LogP contribution in [0.15, 0.2) is 24.4 Å². The van der Waals surface area contributed by atoms with Gasteiger partial charge >= 0.3 is 0 Å². The monoisotopic (exact) mass is 204 g/mol. The van der Waals surface area contributed by atoms with Crippen molar-refractivity contribution in [2.75, 3.05) is 0 Å². The number of fused-ring (bicyclic) bond motifs is 1. The van der Waals surface area contributed by atoms with Crippen molar-refractivity contribution in [3.05, 3.63) is 40.2 Å². The SMILES string of the molecule is Cn1cc2cccc([N+](=O)[O-])c2c1C=O. The van der Waals surface area contributed by atoms with Gasteiger partial charge in [0.05, 0.1) is 16.0 Å². The fourth-order valence-corrected chi connectivity index (χ4v) is 1.69. The summed E-state index contributed by atoms with van der Waals surface area (Å²) in [6.45, 7) is 0. The first kappa shape index (κ1) is 9.39. The second-order valence-electron chi connectivity index (χ2n) is 3.24. The van der Waals surface area contributed by atoms with Gasteiger partial charge in [0.15, 0.2) is 6.29 Å². The number of aromatic nitrogens is 1. The van der Waals surface area contributed by atoms with Crippen molar-refractivity contribution in [2.24, 2.45) is 7.05 Å². The molecule has 15 heavy (non-hydrogen) atoms. The molecular weight excluding hydrogens is 196 g/mol. The average Bonchev–Trinajstić information content (AvgIpc) is 2.52. The minimum absolute atomic E-state index is 0.0322. The van der Waals surface area contributed by atoms with E-state index in [1.54, 1.807) is 29.9 Å². The van der Waals surface area contributed by atoms with Gasteiger partial charge in [0, 0.05) is 24.7 Å². The van der Waals surface area contributed by atoms with E-state index in [1.165, 1.54) is 6.07 Å². The van der Waals surface area contributed by atoms with Crippen molar-refractivity contribution in [3.8, 4) is 0 Å². The largest absolute Gasteiger partial charge is 0.347 e. The average molecular weight is 204 g/mol. The van der Waals surface area contributed by atoms with Gasteiger partial charge in [-0.25, -0.2) is 0 Å². The number of rotatable bonds is 2. The lowest BCUT2D eigenvalue weighted by Gasteiger charge is -1.95. The predicted molar refractivity (Wildman–Crippen MR) is 55.0 cm³/mol. The number of carbonyl (C=O) groups excluding carboxylic acids is 1. The van der Waals surface area contributed by atoms with Crippen LogP contribution in [0, 0.1) is 10.1 Å².